The van der Waals surface area contributed by atoms with Gasteiger partial charge in [-0.3, -0.25) is 14.5 Å². The van der Waals surface area contributed by atoms with Crippen LogP contribution in [0.1, 0.15) is 33.3 Å². The maximum Gasteiger partial charge on any atom is 0.295 e. The summed E-state index contributed by atoms with van der Waals surface area (Å²) in [6.07, 6.45) is 0. The number of anilines is 1. The highest BCUT2D eigenvalue weighted by atomic mass is 79.9. The lowest BCUT2D eigenvalue weighted by Gasteiger charge is -2.26. The monoisotopic (exact) mass is 597 g/mol. The fourth-order valence-electron chi connectivity index (χ4n) is 5.00. The number of carbonyl (C=O) groups is 1. The lowest BCUT2D eigenvalue weighted by Crippen LogP contribution is -2.29. The van der Waals surface area contributed by atoms with Gasteiger partial charge in [-0.05, 0) is 53.6 Å². The molecule has 5 aromatic rings. The van der Waals surface area contributed by atoms with E-state index in [4.69, 9.17) is 18.6 Å². The minimum Gasteiger partial charge on any atom is -0.497 e. The summed E-state index contributed by atoms with van der Waals surface area (Å²) in [5.74, 6) is 1.19. The smallest absolute Gasteiger partial charge is 0.295 e. The third-order valence-corrected chi connectivity index (χ3v) is 7.40. The average Bonchev–Trinajstić information content (AvgIpc) is 3.29. The van der Waals surface area contributed by atoms with Crippen LogP contribution in [0.4, 0.5) is 5.69 Å². The Morgan fingerprint density at radius 2 is 1.68 bits per heavy atom. The first-order valence-electron chi connectivity index (χ1n) is 12.6. The topological polar surface area (TPSA) is 78.2 Å². The first kappa shape index (κ1) is 25.7. The van der Waals surface area contributed by atoms with Crippen LogP contribution in [0.25, 0.3) is 11.0 Å². The molecule has 0 bridgehead atoms. The predicted octanol–water partition coefficient (Wildman–Crippen LogP) is 6.90. The second-order valence-corrected chi connectivity index (χ2v) is 10.2. The maximum atomic E-state index is 13.9. The van der Waals surface area contributed by atoms with Crippen molar-refractivity contribution in [3.05, 3.63) is 128 Å². The van der Waals surface area contributed by atoms with Crippen molar-refractivity contribution in [3.63, 3.8) is 0 Å². The Morgan fingerprint density at radius 1 is 0.850 bits per heavy atom. The van der Waals surface area contributed by atoms with Crippen molar-refractivity contribution in [1.82, 2.24) is 0 Å². The fourth-order valence-corrected chi connectivity index (χ4v) is 5.36. The van der Waals surface area contributed by atoms with Gasteiger partial charge in [0, 0.05) is 16.2 Å². The molecule has 200 valence electrons. The third-order valence-electron chi connectivity index (χ3n) is 6.90. The van der Waals surface area contributed by atoms with Gasteiger partial charge in [0.25, 0.3) is 5.91 Å². The van der Waals surface area contributed by atoms with Crippen LogP contribution in [0.3, 0.4) is 0 Å². The number of rotatable bonds is 7. The molecule has 7 nitrogen and oxygen atoms in total. The fraction of sp³-hybridized carbons (Fsp3) is 0.125. The molecule has 1 aliphatic rings. The molecule has 6 rings (SSSR count). The van der Waals surface area contributed by atoms with Gasteiger partial charge in [0.1, 0.15) is 17.9 Å². The zero-order chi connectivity index (χ0) is 27.8. The van der Waals surface area contributed by atoms with Crippen LogP contribution in [0.15, 0.2) is 105 Å². The van der Waals surface area contributed by atoms with Crippen LogP contribution in [-0.2, 0) is 6.61 Å². The predicted molar refractivity (Wildman–Crippen MR) is 156 cm³/mol. The van der Waals surface area contributed by atoms with Crippen molar-refractivity contribution in [2.24, 2.45) is 0 Å². The normalized spacial score (nSPS) is 14.3. The third kappa shape index (κ3) is 4.50. The number of halogens is 1. The van der Waals surface area contributed by atoms with Crippen LogP contribution in [-0.4, -0.2) is 20.1 Å². The first-order valence-corrected chi connectivity index (χ1v) is 13.4. The highest BCUT2D eigenvalue weighted by molar-refractivity contribution is 9.10. The van der Waals surface area contributed by atoms with E-state index in [1.807, 2.05) is 36.4 Å². The Morgan fingerprint density at radius 3 is 2.45 bits per heavy atom. The minimum atomic E-state index is -0.772. The lowest BCUT2D eigenvalue weighted by molar-refractivity contribution is 0.0971. The van der Waals surface area contributed by atoms with E-state index >= 15 is 0 Å². The van der Waals surface area contributed by atoms with Gasteiger partial charge in [-0.1, -0.05) is 58.4 Å². The number of ether oxygens (including phenoxy) is 3. The molecule has 1 amide bonds. The molecule has 1 atom stereocenters. The second-order valence-electron chi connectivity index (χ2n) is 9.28. The van der Waals surface area contributed by atoms with Crippen molar-refractivity contribution in [2.75, 3.05) is 19.1 Å². The summed E-state index contributed by atoms with van der Waals surface area (Å²) in [6, 6.07) is 26.8. The minimum absolute atomic E-state index is 0.0102. The molecule has 2 heterocycles. The maximum absolute atomic E-state index is 13.9. The van der Waals surface area contributed by atoms with E-state index in [0.29, 0.717) is 46.1 Å². The second kappa shape index (κ2) is 10.5. The summed E-state index contributed by atoms with van der Waals surface area (Å²) < 4.78 is 24.0. The summed E-state index contributed by atoms with van der Waals surface area (Å²) in [4.78, 5) is 29.4. The molecular weight excluding hydrogens is 574 g/mol. The van der Waals surface area contributed by atoms with Gasteiger partial charge in [0.2, 0.25) is 5.76 Å². The van der Waals surface area contributed by atoms with Crippen LogP contribution >= 0.6 is 15.9 Å². The van der Waals surface area contributed by atoms with Crippen molar-refractivity contribution >= 4 is 38.5 Å². The van der Waals surface area contributed by atoms with Gasteiger partial charge in [-0.15, -0.1) is 0 Å². The summed E-state index contributed by atoms with van der Waals surface area (Å²) in [5, 5.41) is 0.383. The Balaban J connectivity index is 1.50. The van der Waals surface area contributed by atoms with E-state index < -0.39 is 11.9 Å². The Labute approximate surface area is 238 Å². The van der Waals surface area contributed by atoms with E-state index in [1.165, 1.54) is 0 Å². The van der Waals surface area contributed by atoms with E-state index in [1.54, 1.807) is 73.7 Å². The number of fused-ring (bicyclic) bond motifs is 2. The van der Waals surface area contributed by atoms with E-state index in [2.05, 4.69) is 15.9 Å². The van der Waals surface area contributed by atoms with Crippen molar-refractivity contribution in [3.8, 4) is 17.2 Å². The standard InChI is InChI=1S/C32H24BrNO6/c1-37-23-10-6-9-22(17-23)34-29(28-30(35)24-16-21(33)12-14-25(24)40-31(28)32(34)36)20-11-13-26(27(15-20)38-2)39-18-19-7-4-3-5-8-19/h3-17,29H,18H2,1-2H3. The molecule has 4 aromatic carbocycles. The molecule has 1 aromatic heterocycles. The molecule has 0 fully saturated rings. The number of amides is 1. The zero-order valence-corrected chi connectivity index (χ0v) is 23.3. The summed E-state index contributed by atoms with van der Waals surface area (Å²) in [6.45, 7) is 0.363. The van der Waals surface area contributed by atoms with Gasteiger partial charge < -0.3 is 18.6 Å². The highest BCUT2D eigenvalue weighted by Crippen LogP contribution is 2.44. The van der Waals surface area contributed by atoms with Gasteiger partial charge >= 0.3 is 0 Å². The lowest BCUT2D eigenvalue weighted by atomic mass is 9.97. The van der Waals surface area contributed by atoms with Crippen molar-refractivity contribution in [1.29, 1.82) is 0 Å². The largest absolute Gasteiger partial charge is 0.497 e. The van der Waals surface area contributed by atoms with Crippen LogP contribution in [0, 0.1) is 0 Å². The van der Waals surface area contributed by atoms with Crippen molar-refractivity contribution < 1.29 is 23.4 Å². The quantitative estimate of drug-likeness (QED) is 0.203. The van der Waals surface area contributed by atoms with Crippen LogP contribution in [0.2, 0.25) is 0 Å². The zero-order valence-electron chi connectivity index (χ0n) is 21.7. The molecule has 0 spiro atoms. The number of carbonyl (C=O) groups excluding carboxylic acids is 1. The van der Waals surface area contributed by atoms with E-state index in [9.17, 15) is 9.59 Å². The van der Waals surface area contributed by atoms with E-state index in [0.717, 1.165) is 10.0 Å². The number of hydrogen-bond acceptors (Lipinski definition) is 6. The number of nitrogens with zero attached hydrogens (tertiary/aromatic N) is 1. The number of benzene rings is 4. The molecule has 8 heteroatoms. The molecule has 0 saturated heterocycles. The van der Waals surface area contributed by atoms with Gasteiger partial charge in [-0.2, -0.15) is 0 Å². The number of methoxy groups -OCH3 is 2. The highest BCUT2D eigenvalue weighted by Gasteiger charge is 2.44. The summed E-state index contributed by atoms with van der Waals surface area (Å²) in [7, 11) is 3.12. The molecule has 40 heavy (non-hydrogen) atoms. The molecule has 1 aliphatic heterocycles. The van der Waals surface area contributed by atoms with E-state index in [-0.39, 0.29) is 16.8 Å². The summed E-state index contributed by atoms with van der Waals surface area (Å²) >= 11 is 3.44. The molecular formula is C32H24BrNO6. The van der Waals surface area contributed by atoms with Crippen LogP contribution < -0.4 is 24.5 Å². The number of hydrogen-bond donors (Lipinski definition) is 0. The Bertz CT molecular complexity index is 1800. The van der Waals surface area contributed by atoms with Gasteiger partial charge in [0.05, 0.1) is 31.2 Å². The Kier molecular flexibility index (Phi) is 6.77. The SMILES string of the molecule is COc1cccc(N2C(=O)c3oc4ccc(Br)cc4c(=O)c3C2c2ccc(OCc3ccccc3)c(OC)c2)c1. The van der Waals surface area contributed by atoms with Gasteiger partial charge in [-0.25, -0.2) is 0 Å². The molecule has 0 aliphatic carbocycles. The molecule has 0 saturated carbocycles. The average molecular weight is 598 g/mol. The van der Waals surface area contributed by atoms with Gasteiger partial charge in [0.15, 0.2) is 16.9 Å². The van der Waals surface area contributed by atoms with Crippen molar-refractivity contribution in [2.45, 2.75) is 12.6 Å². The first-order chi connectivity index (χ1) is 19.5. The Hall–Kier alpha value is -4.56. The molecule has 1 unspecified atom stereocenters. The molecule has 0 radical (unpaired) electrons. The summed E-state index contributed by atoms with van der Waals surface area (Å²) in [5.41, 5.74) is 2.58. The molecule has 0 N–H and O–H groups in total. The van der Waals surface area contributed by atoms with Crippen LogP contribution in [0.5, 0.6) is 17.2 Å².